The van der Waals surface area contributed by atoms with Crippen LogP contribution < -0.4 is 11.1 Å². The molecule has 3 N–H and O–H groups in total. The van der Waals surface area contributed by atoms with Gasteiger partial charge in [-0.3, -0.25) is 4.99 Å². The number of hydrogen-bond acceptors (Lipinski definition) is 1. The van der Waals surface area contributed by atoms with Gasteiger partial charge in [-0.25, -0.2) is 0 Å². The number of aliphatic imine (C=N–C) groups is 1. The van der Waals surface area contributed by atoms with Crippen molar-refractivity contribution in [1.82, 2.24) is 5.32 Å². The molecular formula is C15H29N3. The molecule has 2 unspecified atom stereocenters. The third-order valence-electron chi connectivity index (χ3n) is 4.61. The molecule has 2 rings (SSSR count). The van der Waals surface area contributed by atoms with Gasteiger partial charge in [-0.1, -0.05) is 45.4 Å². The quantitative estimate of drug-likeness (QED) is 0.598. The Morgan fingerprint density at radius 3 is 2.61 bits per heavy atom. The van der Waals surface area contributed by atoms with E-state index in [0.29, 0.717) is 18.0 Å². The van der Waals surface area contributed by atoms with Gasteiger partial charge >= 0.3 is 0 Å². The summed E-state index contributed by atoms with van der Waals surface area (Å²) in [5.74, 6) is 1.59. The average molecular weight is 251 g/mol. The van der Waals surface area contributed by atoms with Crippen molar-refractivity contribution in [2.45, 2.75) is 83.2 Å². The molecule has 0 aliphatic heterocycles. The average Bonchev–Trinajstić information content (AvgIpc) is 2.40. The van der Waals surface area contributed by atoms with Gasteiger partial charge in [0, 0.05) is 6.04 Å². The van der Waals surface area contributed by atoms with E-state index in [1.165, 1.54) is 64.2 Å². The summed E-state index contributed by atoms with van der Waals surface area (Å²) in [4.78, 5) is 4.66. The zero-order chi connectivity index (χ0) is 12.8. The first-order valence-corrected chi connectivity index (χ1v) is 7.87. The Labute approximate surface area is 112 Å². The fourth-order valence-corrected chi connectivity index (χ4v) is 3.45. The van der Waals surface area contributed by atoms with Gasteiger partial charge in [0.2, 0.25) is 0 Å². The van der Waals surface area contributed by atoms with Crippen LogP contribution in [-0.2, 0) is 0 Å². The molecule has 104 valence electrons. The molecule has 2 saturated carbocycles. The normalized spacial score (nSPS) is 31.3. The van der Waals surface area contributed by atoms with Crippen LogP contribution >= 0.6 is 0 Å². The van der Waals surface area contributed by atoms with Gasteiger partial charge in [0.1, 0.15) is 0 Å². The highest BCUT2D eigenvalue weighted by Gasteiger charge is 2.21. The third kappa shape index (κ3) is 4.18. The molecule has 18 heavy (non-hydrogen) atoms. The molecule has 0 saturated heterocycles. The van der Waals surface area contributed by atoms with Crippen molar-refractivity contribution < 1.29 is 0 Å². The van der Waals surface area contributed by atoms with Crippen LogP contribution in [0.3, 0.4) is 0 Å². The first kappa shape index (κ1) is 13.7. The Morgan fingerprint density at radius 2 is 1.89 bits per heavy atom. The Morgan fingerprint density at radius 1 is 1.11 bits per heavy atom. The lowest BCUT2D eigenvalue weighted by Gasteiger charge is -2.29. The minimum absolute atomic E-state index is 0.483. The lowest BCUT2D eigenvalue weighted by atomic mass is 9.84. The summed E-state index contributed by atoms with van der Waals surface area (Å²) in [5, 5.41) is 3.46. The minimum Gasteiger partial charge on any atom is -0.370 e. The smallest absolute Gasteiger partial charge is 0.189 e. The first-order chi connectivity index (χ1) is 8.78. The molecule has 3 nitrogen and oxygen atoms in total. The zero-order valence-electron chi connectivity index (χ0n) is 11.8. The van der Waals surface area contributed by atoms with Crippen LogP contribution in [0, 0.1) is 5.92 Å². The summed E-state index contributed by atoms with van der Waals surface area (Å²) in [6.07, 6.45) is 13.1. The van der Waals surface area contributed by atoms with Crippen LogP contribution in [0.2, 0.25) is 0 Å². The van der Waals surface area contributed by atoms with Crippen molar-refractivity contribution >= 4 is 5.96 Å². The summed E-state index contributed by atoms with van der Waals surface area (Å²) >= 11 is 0. The number of nitrogens with zero attached hydrogens (tertiary/aromatic N) is 1. The highest BCUT2D eigenvalue weighted by molar-refractivity contribution is 5.78. The Bertz CT molecular complexity index is 269. The van der Waals surface area contributed by atoms with Crippen LogP contribution in [0.1, 0.15) is 71.1 Å². The molecule has 2 aliphatic rings. The van der Waals surface area contributed by atoms with E-state index >= 15 is 0 Å². The highest BCUT2D eigenvalue weighted by atomic mass is 15.1. The fraction of sp³-hybridized carbons (Fsp3) is 0.933. The van der Waals surface area contributed by atoms with E-state index in [-0.39, 0.29) is 0 Å². The molecule has 0 heterocycles. The van der Waals surface area contributed by atoms with Crippen molar-refractivity contribution in [3.8, 4) is 0 Å². The zero-order valence-corrected chi connectivity index (χ0v) is 11.8. The van der Waals surface area contributed by atoms with Gasteiger partial charge in [-0.05, 0) is 31.6 Å². The van der Waals surface area contributed by atoms with E-state index in [4.69, 9.17) is 5.73 Å². The van der Waals surface area contributed by atoms with Gasteiger partial charge in [0.15, 0.2) is 5.96 Å². The van der Waals surface area contributed by atoms with E-state index in [0.717, 1.165) is 5.92 Å². The molecule has 0 aromatic rings. The summed E-state index contributed by atoms with van der Waals surface area (Å²) in [5.41, 5.74) is 6.06. The number of rotatable bonds is 3. The second kappa shape index (κ2) is 7.01. The molecule has 2 atom stereocenters. The lowest BCUT2D eigenvalue weighted by Crippen LogP contribution is -2.43. The van der Waals surface area contributed by atoms with Crippen molar-refractivity contribution in [1.29, 1.82) is 0 Å². The predicted molar refractivity (Wildman–Crippen MR) is 77.7 cm³/mol. The molecule has 2 aliphatic carbocycles. The summed E-state index contributed by atoms with van der Waals surface area (Å²) < 4.78 is 0. The Hall–Kier alpha value is -0.730. The predicted octanol–water partition coefficient (Wildman–Crippen LogP) is 3.19. The summed E-state index contributed by atoms with van der Waals surface area (Å²) in [6, 6.07) is 1.05. The molecule has 0 aromatic heterocycles. The second-order valence-corrected chi connectivity index (χ2v) is 6.09. The molecule has 0 aromatic carbocycles. The van der Waals surface area contributed by atoms with Crippen molar-refractivity contribution in [2.24, 2.45) is 16.6 Å². The number of nitrogens with one attached hydrogen (secondary N) is 1. The van der Waals surface area contributed by atoms with Crippen LogP contribution in [-0.4, -0.2) is 18.0 Å². The highest BCUT2D eigenvalue weighted by Crippen LogP contribution is 2.26. The Balaban J connectivity index is 1.78. The SMILES string of the molecule is CCC1CCCC(NC(N)=NC2CCCCC2)C1. The standard InChI is InChI=1S/C15H29N3/c1-2-12-7-6-10-14(11-12)18-15(16)17-13-8-4-3-5-9-13/h12-14H,2-11H2,1H3,(H3,16,17,18). The van der Waals surface area contributed by atoms with Crippen molar-refractivity contribution in [2.75, 3.05) is 0 Å². The minimum atomic E-state index is 0.483. The topological polar surface area (TPSA) is 50.4 Å². The number of guanidine groups is 1. The van der Waals surface area contributed by atoms with E-state index in [9.17, 15) is 0 Å². The molecule has 0 radical (unpaired) electrons. The molecule has 0 spiro atoms. The molecule has 0 amide bonds. The van der Waals surface area contributed by atoms with Crippen LogP contribution in [0.4, 0.5) is 0 Å². The van der Waals surface area contributed by atoms with E-state index < -0.39 is 0 Å². The number of hydrogen-bond donors (Lipinski definition) is 2. The van der Waals surface area contributed by atoms with Gasteiger partial charge < -0.3 is 11.1 Å². The van der Waals surface area contributed by atoms with Gasteiger partial charge in [0.05, 0.1) is 6.04 Å². The molecule has 0 bridgehead atoms. The second-order valence-electron chi connectivity index (χ2n) is 6.09. The van der Waals surface area contributed by atoms with Gasteiger partial charge in [-0.2, -0.15) is 0 Å². The van der Waals surface area contributed by atoms with E-state index in [1.807, 2.05) is 0 Å². The summed E-state index contributed by atoms with van der Waals surface area (Å²) in [7, 11) is 0. The monoisotopic (exact) mass is 251 g/mol. The van der Waals surface area contributed by atoms with Crippen molar-refractivity contribution in [3.05, 3.63) is 0 Å². The summed E-state index contributed by atoms with van der Waals surface area (Å²) in [6.45, 7) is 2.30. The fourth-order valence-electron chi connectivity index (χ4n) is 3.45. The van der Waals surface area contributed by atoms with Crippen LogP contribution in [0.5, 0.6) is 0 Å². The van der Waals surface area contributed by atoms with Gasteiger partial charge in [-0.15, -0.1) is 0 Å². The molecular weight excluding hydrogens is 222 g/mol. The van der Waals surface area contributed by atoms with Crippen molar-refractivity contribution in [3.63, 3.8) is 0 Å². The lowest BCUT2D eigenvalue weighted by molar-refractivity contribution is 0.299. The maximum absolute atomic E-state index is 6.06. The molecule has 3 heteroatoms. The van der Waals surface area contributed by atoms with Gasteiger partial charge in [0.25, 0.3) is 0 Å². The number of nitrogens with two attached hydrogens (primary N) is 1. The first-order valence-electron chi connectivity index (χ1n) is 7.87. The maximum atomic E-state index is 6.06. The van der Waals surface area contributed by atoms with Crippen LogP contribution in [0.15, 0.2) is 4.99 Å². The van der Waals surface area contributed by atoms with Crippen LogP contribution in [0.25, 0.3) is 0 Å². The molecule has 2 fully saturated rings. The third-order valence-corrected chi connectivity index (χ3v) is 4.61. The largest absolute Gasteiger partial charge is 0.370 e. The van der Waals surface area contributed by atoms with E-state index in [2.05, 4.69) is 17.2 Å². The maximum Gasteiger partial charge on any atom is 0.189 e. The Kier molecular flexibility index (Phi) is 5.33. The van der Waals surface area contributed by atoms with E-state index in [1.54, 1.807) is 0 Å².